The van der Waals surface area contributed by atoms with Crippen molar-refractivity contribution in [3.63, 3.8) is 0 Å². The minimum atomic E-state index is -3.69. The maximum absolute atomic E-state index is 13.0. The highest BCUT2D eigenvalue weighted by Crippen LogP contribution is 2.23. The van der Waals surface area contributed by atoms with E-state index >= 15 is 0 Å². The number of carbonyl (C=O) groups excluding carboxylic acids is 2. The molecule has 0 radical (unpaired) electrons. The number of amides is 1. The molecule has 166 valence electrons. The third-order valence-corrected chi connectivity index (χ3v) is 7.30. The van der Waals surface area contributed by atoms with Crippen LogP contribution in [0.2, 0.25) is 0 Å². The molecule has 0 aliphatic carbocycles. The number of fused-ring (bicyclic) bond motifs is 1. The van der Waals surface area contributed by atoms with Gasteiger partial charge < -0.3 is 14.7 Å². The zero-order valence-corrected chi connectivity index (χ0v) is 18.0. The molecule has 0 unspecified atom stereocenters. The Bertz CT molecular complexity index is 1270. The number of nitrogens with zero attached hydrogens (tertiary/aromatic N) is 2. The quantitative estimate of drug-likeness (QED) is 0.593. The maximum atomic E-state index is 13.0. The molecular formula is C23H22N2O6S. The summed E-state index contributed by atoms with van der Waals surface area (Å²) in [6, 6.07) is 18.5. The molecule has 32 heavy (non-hydrogen) atoms. The van der Waals surface area contributed by atoms with Gasteiger partial charge in [-0.1, -0.05) is 42.5 Å². The van der Waals surface area contributed by atoms with Crippen molar-refractivity contribution in [1.29, 1.82) is 0 Å². The largest absolute Gasteiger partial charge is 0.507 e. The lowest BCUT2D eigenvalue weighted by molar-refractivity contribution is -0.135. The SMILES string of the molecule is O=C(OCC(=O)N1CCN(S(=O)(=O)c2ccc3ccccc3c2)CC1)c1ccccc1O. The van der Waals surface area contributed by atoms with Crippen molar-refractivity contribution >= 4 is 32.7 Å². The maximum Gasteiger partial charge on any atom is 0.342 e. The van der Waals surface area contributed by atoms with Crippen LogP contribution in [0, 0.1) is 0 Å². The van der Waals surface area contributed by atoms with Crippen LogP contribution < -0.4 is 0 Å². The Kier molecular flexibility index (Phi) is 6.11. The predicted octanol–water partition coefficient (Wildman–Crippen LogP) is 2.24. The summed E-state index contributed by atoms with van der Waals surface area (Å²) < 4.78 is 32.4. The smallest absolute Gasteiger partial charge is 0.342 e. The van der Waals surface area contributed by atoms with E-state index in [1.807, 2.05) is 24.3 Å². The van der Waals surface area contributed by atoms with Crippen molar-refractivity contribution in [2.75, 3.05) is 32.8 Å². The molecule has 1 aliphatic rings. The van der Waals surface area contributed by atoms with Gasteiger partial charge in [0.05, 0.1) is 4.90 Å². The van der Waals surface area contributed by atoms with Gasteiger partial charge in [0.15, 0.2) is 6.61 Å². The second-order valence-corrected chi connectivity index (χ2v) is 9.33. The molecule has 1 amide bonds. The molecule has 0 aromatic heterocycles. The van der Waals surface area contributed by atoms with Gasteiger partial charge in [-0.25, -0.2) is 13.2 Å². The number of rotatable bonds is 5. The van der Waals surface area contributed by atoms with Gasteiger partial charge in [-0.2, -0.15) is 4.31 Å². The standard InChI is InChI=1S/C23H22N2O6S/c26-21-8-4-3-7-20(21)23(28)31-16-22(27)24-11-13-25(14-12-24)32(29,30)19-10-9-17-5-1-2-6-18(17)15-19/h1-10,15,26H,11-14,16H2. The molecule has 1 aliphatic heterocycles. The number of esters is 1. The summed E-state index contributed by atoms with van der Waals surface area (Å²) >= 11 is 0. The lowest BCUT2D eigenvalue weighted by Gasteiger charge is -2.33. The van der Waals surface area contributed by atoms with Crippen molar-refractivity contribution in [1.82, 2.24) is 9.21 Å². The number of benzene rings is 3. The summed E-state index contributed by atoms with van der Waals surface area (Å²) in [6.07, 6.45) is 0. The molecule has 1 N–H and O–H groups in total. The fourth-order valence-electron chi connectivity index (χ4n) is 3.60. The van der Waals surface area contributed by atoms with E-state index in [-0.39, 0.29) is 42.4 Å². The number of para-hydroxylation sites is 1. The van der Waals surface area contributed by atoms with E-state index in [0.29, 0.717) is 0 Å². The molecule has 3 aromatic rings. The number of sulfonamides is 1. The second kappa shape index (κ2) is 8.97. The first-order valence-electron chi connectivity index (χ1n) is 10.1. The molecule has 1 saturated heterocycles. The summed E-state index contributed by atoms with van der Waals surface area (Å²) in [5, 5.41) is 11.5. The van der Waals surface area contributed by atoms with Crippen molar-refractivity contribution in [3.8, 4) is 5.75 Å². The summed E-state index contributed by atoms with van der Waals surface area (Å²) in [6.45, 7) is 0.201. The van der Waals surface area contributed by atoms with Gasteiger partial charge in [0.2, 0.25) is 10.0 Å². The highest BCUT2D eigenvalue weighted by atomic mass is 32.2. The molecular weight excluding hydrogens is 432 g/mol. The molecule has 1 heterocycles. The number of hydrogen-bond donors (Lipinski definition) is 1. The van der Waals surface area contributed by atoms with E-state index in [1.165, 1.54) is 21.3 Å². The summed E-state index contributed by atoms with van der Waals surface area (Å²) in [5.74, 6) is -1.44. The highest BCUT2D eigenvalue weighted by Gasteiger charge is 2.30. The Morgan fingerprint density at radius 2 is 1.53 bits per heavy atom. The van der Waals surface area contributed by atoms with Crippen LogP contribution >= 0.6 is 0 Å². The average Bonchev–Trinajstić information content (AvgIpc) is 2.82. The van der Waals surface area contributed by atoms with Crippen LogP contribution in [0.15, 0.2) is 71.6 Å². The topological polar surface area (TPSA) is 104 Å². The Balaban J connectivity index is 1.35. The normalized spacial score (nSPS) is 14.9. The third-order valence-electron chi connectivity index (χ3n) is 5.40. The molecule has 0 spiro atoms. The fraction of sp³-hybridized carbons (Fsp3) is 0.217. The molecule has 8 nitrogen and oxygen atoms in total. The monoisotopic (exact) mass is 454 g/mol. The summed E-state index contributed by atoms with van der Waals surface area (Å²) in [7, 11) is -3.69. The first kappa shape index (κ1) is 21.8. The first-order valence-corrected chi connectivity index (χ1v) is 11.5. The van der Waals surface area contributed by atoms with E-state index < -0.39 is 28.5 Å². The Hall–Kier alpha value is -3.43. The van der Waals surface area contributed by atoms with Crippen LogP contribution in [0.5, 0.6) is 5.75 Å². The number of phenols is 1. The lowest BCUT2D eigenvalue weighted by atomic mass is 10.1. The van der Waals surface area contributed by atoms with Gasteiger partial charge in [0.1, 0.15) is 11.3 Å². The summed E-state index contributed by atoms with van der Waals surface area (Å²) in [5.41, 5.74) is -0.0217. The zero-order valence-electron chi connectivity index (χ0n) is 17.2. The lowest BCUT2D eigenvalue weighted by Crippen LogP contribution is -2.51. The Labute approximate surface area is 185 Å². The van der Waals surface area contributed by atoms with Gasteiger partial charge in [-0.3, -0.25) is 4.79 Å². The molecule has 9 heteroatoms. The molecule has 3 aromatic carbocycles. The Morgan fingerprint density at radius 1 is 0.875 bits per heavy atom. The van der Waals surface area contributed by atoms with E-state index in [4.69, 9.17) is 4.74 Å². The number of piperazine rings is 1. The fourth-order valence-corrected chi connectivity index (χ4v) is 5.06. The second-order valence-electron chi connectivity index (χ2n) is 7.39. The van der Waals surface area contributed by atoms with Crippen LogP contribution in [-0.4, -0.2) is 67.4 Å². The van der Waals surface area contributed by atoms with E-state index in [1.54, 1.807) is 30.3 Å². The van der Waals surface area contributed by atoms with Gasteiger partial charge in [-0.05, 0) is 35.0 Å². The van der Waals surface area contributed by atoms with Crippen molar-refractivity contribution in [3.05, 3.63) is 72.3 Å². The van der Waals surface area contributed by atoms with Crippen LogP contribution in [0.25, 0.3) is 10.8 Å². The predicted molar refractivity (Wildman–Crippen MR) is 118 cm³/mol. The van der Waals surface area contributed by atoms with Gasteiger partial charge in [-0.15, -0.1) is 0 Å². The molecule has 0 atom stereocenters. The van der Waals surface area contributed by atoms with E-state index in [9.17, 15) is 23.1 Å². The van der Waals surface area contributed by atoms with Crippen LogP contribution in [0.4, 0.5) is 0 Å². The van der Waals surface area contributed by atoms with Crippen LogP contribution in [0.1, 0.15) is 10.4 Å². The minimum Gasteiger partial charge on any atom is -0.507 e. The van der Waals surface area contributed by atoms with Crippen LogP contribution in [0.3, 0.4) is 0 Å². The van der Waals surface area contributed by atoms with Gasteiger partial charge >= 0.3 is 5.97 Å². The third kappa shape index (κ3) is 4.44. The van der Waals surface area contributed by atoms with Crippen molar-refractivity contribution in [2.24, 2.45) is 0 Å². The zero-order chi connectivity index (χ0) is 22.7. The van der Waals surface area contributed by atoms with Crippen molar-refractivity contribution < 1.29 is 27.9 Å². The minimum absolute atomic E-state index is 0.0217. The molecule has 0 bridgehead atoms. The van der Waals surface area contributed by atoms with Gasteiger partial charge in [0, 0.05) is 26.2 Å². The van der Waals surface area contributed by atoms with Crippen molar-refractivity contribution in [2.45, 2.75) is 4.90 Å². The van der Waals surface area contributed by atoms with E-state index in [2.05, 4.69) is 0 Å². The van der Waals surface area contributed by atoms with Crippen LogP contribution in [-0.2, 0) is 19.6 Å². The van der Waals surface area contributed by atoms with Gasteiger partial charge in [0.25, 0.3) is 5.91 Å². The number of hydrogen-bond acceptors (Lipinski definition) is 6. The first-order chi connectivity index (χ1) is 15.4. The number of carbonyl (C=O) groups is 2. The summed E-state index contributed by atoms with van der Waals surface area (Å²) in [4.78, 5) is 26.1. The average molecular weight is 455 g/mol. The number of ether oxygens (including phenoxy) is 1. The number of aromatic hydroxyl groups is 1. The molecule has 1 fully saturated rings. The molecule has 4 rings (SSSR count). The highest BCUT2D eigenvalue weighted by molar-refractivity contribution is 7.89. The Morgan fingerprint density at radius 3 is 2.25 bits per heavy atom. The molecule has 0 saturated carbocycles. The van der Waals surface area contributed by atoms with E-state index in [0.717, 1.165) is 10.8 Å². The number of phenolic OH excluding ortho intramolecular Hbond substituents is 1.